The molecular weight excluding hydrogens is 356 g/mol. The second-order valence-electron chi connectivity index (χ2n) is 6.88. The third-order valence-electron chi connectivity index (χ3n) is 4.79. The van der Waals surface area contributed by atoms with E-state index in [1.54, 1.807) is 30.3 Å². The highest BCUT2D eigenvalue weighted by atomic mass is 16.5. The van der Waals surface area contributed by atoms with Gasteiger partial charge >= 0.3 is 5.97 Å². The second-order valence-corrected chi connectivity index (χ2v) is 6.88. The zero-order valence-corrected chi connectivity index (χ0v) is 15.8. The number of esters is 1. The summed E-state index contributed by atoms with van der Waals surface area (Å²) >= 11 is 0. The molecule has 6 heteroatoms. The minimum Gasteiger partial charge on any atom is -0.454 e. The fourth-order valence-electron chi connectivity index (χ4n) is 3.33. The first-order valence-electron chi connectivity index (χ1n) is 9.44. The molecule has 0 aliphatic heterocycles. The second kappa shape index (κ2) is 9.17. The molecule has 3 rings (SSSR count). The van der Waals surface area contributed by atoms with Crippen LogP contribution in [0.3, 0.4) is 0 Å². The van der Waals surface area contributed by atoms with Crippen molar-refractivity contribution in [2.24, 2.45) is 0 Å². The van der Waals surface area contributed by atoms with Crippen molar-refractivity contribution >= 4 is 17.8 Å². The lowest BCUT2D eigenvalue weighted by molar-refractivity contribution is -0.150. The standard InChI is InChI=1S/C22H24N2O4/c1-15(23-21(26)17-9-3-2-4-10-17)22(27)28-14-20(25)24-19-13-7-11-16-8-5-6-12-18(16)19/h2-6,8-10,12,15,19H,7,11,13-14H2,1H3,(H,23,26)(H,24,25)/t15-,19-/m0/s1. The molecule has 0 saturated heterocycles. The lowest BCUT2D eigenvalue weighted by Gasteiger charge is -2.26. The molecule has 0 aromatic heterocycles. The van der Waals surface area contributed by atoms with Crippen LogP contribution in [0.2, 0.25) is 0 Å². The molecule has 28 heavy (non-hydrogen) atoms. The van der Waals surface area contributed by atoms with Gasteiger partial charge in [0.2, 0.25) is 0 Å². The molecule has 2 amide bonds. The van der Waals surface area contributed by atoms with Crippen LogP contribution in [0.5, 0.6) is 0 Å². The molecule has 0 unspecified atom stereocenters. The molecular formula is C22H24N2O4. The minimum atomic E-state index is -0.851. The van der Waals surface area contributed by atoms with Crippen LogP contribution in [-0.4, -0.2) is 30.4 Å². The summed E-state index contributed by atoms with van der Waals surface area (Å²) in [5.74, 6) is -1.37. The number of carbonyl (C=O) groups excluding carboxylic acids is 3. The van der Waals surface area contributed by atoms with Gasteiger partial charge in [0.15, 0.2) is 6.61 Å². The lowest BCUT2D eigenvalue weighted by atomic mass is 9.88. The molecule has 6 nitrogen and oxygen atoms in total. The Hall–Kier alpha value is -3.15. The van der Waals surface area contributed by atoms with Gasteiger partial charge in [-0.3, -0.25) is 9.59 Å². The Bertz CT molecular complexity index is 851. The Kier molecular flexibility index (Phi) is 6.42. The molecule has 1 aliphatic carbocycles. The zero-order valence-electron chi connectivity index (χ0n) is 15.8. The van der Waals surface area contributed by atoms with E-state index < -0.39 is 12.0 Å². The van der Waals surface area contributed by atoms with Crippen LogP contribution in [0.25, 0.3) is 0 Å². The summed E-state index contributed by atoms with van der Waals surface area (Å²) in [5.41, 5.74) is 2.82. The van der Waals surface area contributed by atoms with Crippen molar-refractivity contribution in [3.63, 3.8) is 0 Å². The largest absolute Gasteiger partial charge is 0.454 e. The van der Waals surface area contributed by atoms with Gasteiger partial charge < -0.3 is 15.4 Å². The maximum Gasteiger partial charge on any atom is 0.328 e. The molecule has 0 spiro atoms. The SMILES string of the molecule is C[C@H](NC(=O)c1ccccc1)C(=O)OCC(=O)N[C@H]1CCCc2ccccc21. The maximum absolute atomic E-state index is 12.2. The summed E-state index contributed by atoms with van der Waals surface area (Å²) in [6.45, 7) is 1.15. The average Bonchev–Trinajstić information content (AvgIpc) is 2.73. The van der Waals surface area contributed by atoms with Crippen molar-refractivity contribution in [3.8, 4) is 0 Å². The van der Waals surface area contributed by atoms with Gasteiger partial charge in [0.25, 0.3) is 11.8 Å². The summed E-state index contributed by atoms with van der Waals surface area (Å²) in [6.07, 6.45) is 2.88. The van der Waals surface area contributed by atoms with Gasteiger partial charge in [0.1, 0.15) is 6.04 Å². The van der Waals surface area contributed by atoms with E-state index in [1.165, 1.54) is 12.5 Å². The highest BCUT2D eigenvalue weighted by molar-refractivity contribution is 5.96. The fraction of sp³-hybridized carbons (Fsp3) is 0.318. The van der Waals surface area contributed by atoms with Gasteiger partial charge in [-0.2, -0.15) is 0 Å². The van der Waals surface area contributed by atoms with Gasteiger partial charge in [-0.1, -0.05) is 42.5 Å². The van der Waals surface area contributed by atoms with Crippen molar-refractivity contribution in [2.75, 3.05) is 6.61 Å². The molecule has 0 saturated carbocycles. The third-order valence-corrected chi connectivity index (χ3v) is 4.79. The molecule has 0 heterocycles. The number of rotatable bonds is 6. The molecule has 146 valence electrons. The predicted molar refractivity (Wildman–Crippen MR) is 105 cm³/mol. The fourth-order valence-corrected chi connectivity index (χ4v) is 3.33. The third kappa shape index (κ3) is 4.97. The molecule has 2 atom stereocenters. The monoisotopic (exact) mass is 380 g/mol. The Morgan fingerprint density at radius 2 is 1.79 bits per heavy atom. The predicted octanol–water partition coefficient (Wildman–Crippen LogP) is 2.54. The first-order valence-corrected chi connectivity index (χ1v) is 9.44. The van der Waals surface area contributed by atoms with E-state index in [0.29, 0.717) is 5.56 Å². The maximum atomic E-state index is 12.2. The summed E-state index contributed by atoms with van der Waals surface area (Å²) in [4.78, 5) is 36.4. The Labute approximate surface area is 164 Å². The first kappa shape index (κ1) is 19.6. The smallest absolute Gasteiger partial charge is 0.328 e. The van der Waals surface area contributed by atoms with Crippen LogP contribution in [0.4, 0.5) is 0 Å². The number of aryl methyl sites for hydroxylation is 1. The first-order chi connectivity index (χ1) is 13.5. The number of ether oxygens (including phenoxy) is 1. The van der Waals surface area contributed by atoms with Gasteiger partial charge in [-0.05, 0) is 49.4 Å². The number of hydrogen-bond acceptors (Lipinski definition) is 4. The molecule has 2 aromatic carbocycles. The van der Waals surface area contributed by atoms with Crippen LogP contribution >= 0.6 is 0 Å². The number of benzene rings is 2. The molecule has 2 N–H and O–H groups in total. The Morgan fingerprint density at radius 3 is 2.57 bits per heavy atom. The van der Waals surface area contributed by atoms with Gasteiger partial charge in [0, 0.05) is 5.56 Å². The van der Waals surface area contributed by atoms with Crippen LogP contribution in [0.1, 0.15) is 47.3 Å². The number of amides is 2. The van der Waals surface area contributed by atoms with Gasteiger partial charge in [-0.15, -0.1) is 0 Å². The van der Waals surface area contributed by atoms with Crippen LogP contribution in [-0.2, 0) is 20.7 Å². The quantitative estimate of drug-likeness (QED) is 0.755. The summed E-state index contributed by atoms with van der Waals surface area (Å²) in [6, 6.07) is 15.7. The van der Waals surface area contributed by atoms with Gasteiger partial charge in [-0.25, -0.2) is 4.79 Å². The molecule has 2 aromatic rings. The van der Waals surface area contributed by atoms with E-state index in [-0.39, 0.29) is 24.5 Å². The number of carbonyl (C=O) groups is 3. The normalized spacial score (nSPS) is 16.4. The number of hydrogen-bond donors (Lipinski definition) is 2. The average molecular weight is 380 g/mol. The molecule has 0 fully saturated rings. The molecule has 1 aliphatic rings. The van der Waals surface area contributed by atoms with Crippen LogP contribution < -0.4 is 10.6 Å². The van der Waals surface area contributed by atoms with E-state index in [2.05, 4.69) is 16.7 Å². The van der Waals surface area contributed by atoms with Crippen LogP contribution in [0.15, 0.2) is 54.6 Å². The Balaban J connectivity index is 1.47. The highest BCUT2D eigenvalue weighted by Crippen LogP contribution is 2.29. The van der Waals surface area contributed by atoms with E-state index in [9.17, 15) is 14.4 Å². The highest BCUT2D eigenvalue weighted by Gasteiger charge is 2.23. The van der Waals surface area contributed by atoms with Crippen molar-refractivity contribution in [1.82, 2.24) is 10.6 Å². The lowest BCUT2D eigenvalue weighted by Crippen LogP contribution is -2.41. The summed E-state index contributed by atoms with van der Waals surface area (Å²) in [7, 11) is 0. The summed E-state index contributed by atoms with van der Waals surface area (Å²) in [5, 5.41) is 5.50. The van der Waals surface area contributed by atoms with E-state index in [0.717, 1.165) is 24.8 Å². The van der Waals surface area contributed by atoms with Crippen molar-refractivity contribution in [3.05, 3.63) is 71.3 Å². The van der Waals surface area contributed by atoms with Crippen LogP contribution in [0, 0.1) is 0 Å². The Morgan fingerprint density at radius 1 is 1.07 bits per heavy atom. The van der Waals surface area contributed by atoms with E-state index >= 15 is 0 Å². The summed E-state index contributed by atoms with van der Waals surface area (Å²) < 4.78 is 5.07. The molecule has 0 bridgehead atoms. The zero-order chi connectivity index (χ0) is 19.9. The van der Waals surface area contributed by atoms with E-state index in [4.69, 9.17) is 4.74 Å². The van der Waals surface area contributed by atoms with E-state index in [1.807, 2.05) is 18.2 Å². The molecule has 0 radical (unpaired) electrons. The van der Waals surface area contributed by atoms with Crippen molar-refractivity contribution in [2.45, 2.75) is 38.3 Å². The van der Waals surface area contributed by atoms with Gasteiger partial charge in [0.05, 0.1) is 6.04 Å². The van der Waals surface area contributed by atoms with Crippen molar-refractivity contribution < 1.29 is 19.1 Å². The topological polar surface area (TPSA) is 84.5 Å². The number of nitrogens with one attached hydrogen (secondary N) is 2. The number of fused-ring (bicyclic) bond motifs is 1. The minimum absolute atomic E-state index is 0.0636. The van der Waals surface area contributed by atoms with Crippen molar-refractivity contribution in [1.29, 1.82) is 0 Å².